The van der Waals surface area contributed by atoms with Gasteiger partial charge in [-0.05, 0) is 11.6 Å². The summed E-state index contributed by atoms with van der Waals surface area (Å²) < 4.78 is 18.3. The van der Waals surface area contributed by atoms with E-state index >= 15 is 0 Å². The Morgan fingerprint density at radius 2 is 2.21 bits per heavy atom. The number of benzene rings is 1. The molecule has 0 fully saturated rings. The minimum Gasteiger partial charge on any atom is -0.497 e. The number of nitrogens with two attached hydrogens (primary N) is 1. The van der Waals surface area contributed by atoms with Crippen LogP contribution >= 0.6 is 0 Å². The van der Waals surface area contributed by atoms with E-state index in [2.05, 4.69) is 4.84 Å². The zero-order valence-corrected chi connectivity index (χ0v) is 8.29. The largest absolute Gasteiger partial charge is 0.497 e. The molecular formula is C10H14FNO2. The Hall–Kier alpha value is -1.13. The van der Waals surface area contributed by atoms with Crippen LogP contribution in [0.5, 0.6) is 5.75 Å². The van der Waals surface area contributed by atoms with Crippen LogP contribution in [0.2, 0.25) is 0 Å². The molecule has 1 atom stereocenters. The molecule has 4 heteroatoms. The highest BCUT2D eigenvalue weighted by Gasteiger charge is 2.11. The molecule has 0 saturated heterocycles. The third-order valence-electron chi connectivity index (χ3n) is 2.08. The van der Waals surface area contributed by atoms with E-state index in [1.807, 2.05) is 6.92 Å². The second kappa shape index (κ2) is 4.93. The minimum atomic E-state index is -0.297. The van der Waals surface area contributed by atoms with Crippen molar-refractivity contribution in [1.29, 1.82) is 0 Å². The number of rotatable bonds is 4. The van der Waals surface area contributed by atoms with Crippen molar-refractivity contribution in [3.8, 4) is 5.75 Å². The smallest absolute Gasteiger partial charge is 0.130 e. The zero-order chi connectivity index (χ0) is 10.6. The average Bonchev–Trinajstić information content (AvgIpc) is 2.17. The van der Waals surface area contributed by atoms with Crippen molar-refractivity contribution in [3.05, 3.63) is 29.6 Å². The average molecular weight is 199 g/mol. The van der Waals surface area contributed by atoms with Crippen LogP contribution in [0.1, 0.15) is 18.4 Å². The van der Waals surface area contributed by atoms with E-state index in [0.29, 0.717) is 17.9 Å². The number of ether oxygens (including phenoxy) is 1. The quantitative estimate of drug-likeness (QED) is 0.752. The van der Waals surface area contributed by atoms with Gasteiger partial charge >= 0.3 is 0 Å². The molecule has 0 aromatic heterocycles. The van der Waals surface area contributed by atoms with Crippen molar-refractivity contribution in [2.45, 2.75) is 12.8 Å². The number of hydrogen-bond donors (Lipinski definition) is 1. The fraction of sp³-hybridized carbons (Fsp3) is 0.400. The molecule has 0 aliphatic rings. The van der Waals surface area contributed by atoms with E-state index in [1.54, 1.807) is 12.1 Å². The molecule has 0 saturated carbocycles. The number of methoxy groups -OCH3 is 1. The van der Waals surface area contributed by atoms with Crippen LogP contribution in [-0.4, -0.2) is 13.7 Å². The summed E-state index contributed by atoms with van der Waals surface area (Å²) in [5.74, 6) is 5.07. The molecule has 0 radical (unpaired) electrons. The fourth-order valence-electron chi connectivity index (χ4n) is 1.27. The molecule has 78 valence electrons. The van der Waals surface area contributed by atoms with Crippen LogP contribution in [0.15, 0.2) is 18.2 Å². The van der Waals surface area contributed by atoms with Crippen molar-refractivity contribution >= 4 is 0 Å². The molecule has 1 unspecified atom stereocenters. The van der Waals surface area contributed by atoms with E-state index in [9.17, 15) is 4.39 Å². The highest BCUT2D eigenvalue weighted by Crippen LogP contribution is 2.22. The van der Waals surface area contributed by atoms with Gasteiger partial charge in [-0.1, -0.05) is 13.0 Å². The summed E-state index contributed by atoms with van der Waals surface area (Å²) in [6.07, 6.45) is 0. The van der Waals surface area contributed by atoms with Gasteiger partial charge in [-0.15, -0.1) is 0 Å². The molecule has 3 nitrogen and oxygen atoms in total. The van der Waals surface area contributed by atoms with Crippen molar-refractivity contribution in [2.75, 3.05) is 13.7 Å². The second-order valence-corrected chi connectivity index (χ2v) is 3.12. The van der Waals surface area contributed by atoms with Gasteiger partial charge in [-0.25, -0.2) is 10.3 Å². The molecule has 14 heavy (non-hydrogen) atoms. The molecule has 2 N–H and O–H groups in total. The van der Waals surface area contributed by atoms with E-state index in [0.717, 1.165) is 0 Å². The van der Waals surface area contributed by atoms with Gasteiger partial charge in [0, 0.05) is 12.0 Å². The summed E-state index contributed by atoms with van der Waals surface area (Å²) in [5.41, 5.74) is 0.580. The first-order valence-electron chi connectivity index (χ1n) is 4.34. The van der Waals surface area contributed by atoms with Gasteiger partial charge in [0.1, 0.15) is 11.6 Å². The molecule has 0 bridgehead atoms. The topological polar surface area (TPSA) is 44.5 Å². The predicted octanol–water partition coefficient (Wildman–Crippen LogP) is 1.83. The first kappa shape index (κ1) is 10.9. The molecule has 0 aliphatic carbocycles. The standard InChI is InChI=1S/C10H14FNO2/c1-7(6-14-12)9-4-3-8(13-2)5-10(9)11/h3-5,7H,6,12H2,1-2H3. The summed E-state index contributed by atoms with van der Waals surface area (Å²) in [7, 11) is 1.50. The summed E-state index contributed by atoms with van der Waals surface area (Å²) in [6, 6.07) is 4.74. The molecule has 0 aliphatic heterocycles. The van der Waals surface area contributed by atoms with Crippen LogP contribution in [0.4, 0.5) is 4.39 Å². The van der Waals surface area contributed by atoms with Crippen molar-refractivity contribution < 1.29 is 14.0 Å². The lowest BCUT2D eigenvalue weighted by Gasteiger charge is -2.11. The third kappa shape index (κ3) is 2.43. The van der Waals surface area contributed by atoms with Gasteiger partial charge in [0.25, 0.3) is 0 Å². The SMILES string of the molecule is COc1ccc(C(C)CON)c(F)c1. The van der Waals surface area contributed by atoms with Gasteiger partial charge in [-0.2, -0.15) is 0 Å². The van der Waals surface area contributed by atoms with E-state index in [1.165, 1.54) is 13.2 Å². The minimum absolute atomic E-state index is 0.0640. The van der Waals surface area contributed by atoms with E-state index in [4.69, 9.17) is 10.6 Å². The summed E-state index contributed by atoms with van der Waals surface area (Å²) in [5, 5.41) is 0. The van der Waals surface area contributed by atoms with Gasteiger partial charge in [0.2, 0.25) is 0 Å². The summed E-state index contributed by atoms with van der Waals surface area (Å²) in [6.45, 7) is 2.14. The lowest BCUT2D eigenvalue weighted by atomic mass is 10.0. The summed E-state index contributed by atoms with van der Waals surface area (Å²) >= 11 is 0. The Balaban J connectivity index is 2.88. The van der Waals surface area contributed by atoms with Crippen molar-refractivity contribution in [3.63, 3.8) is 0 Å². The van der Waals surface area contributed by atoms with Crippen LogP contribution < -0.4 is 10.6 Å². The molecule has 0 spiro atoms. The first-order valence-corrected chi connectivity index (χ1v) is 4.34. The lowest BCUT2D eigenvalue weighted by Crippen LogP contribution is -2.09. The van der Waals surface area contributed by atoms with Crippen LogP contribution in [0.3, 0.4) is 0 Å². The Bertz CT molecular complexity index is 304. The molecule has 1 aromatic carbocycles. The Kier molecular flexibility index (Phi) is 3.85. The van der Waals surface area contributed by atoms with Crippen LogP contribution in [0, 0.1) is 5.82 Å². The first-order chi connectivity index (χ1) is 6.69. The van der Waals surface area contributed by atoms with Crippen LogP contribution in [0.25, 0.3) is 0 Å². The highest BCUT2D eigenvalue weighted by molar-refractivity contribution is 5.30. The second-order valence-electron chi connectivity index (χ2n) is 3.12. The monoisotopic (exact) mass is 199 g/mol. The predicted molar refractivity (Wildman–Crippen MR) is 51.5 cm³/mol. The zero-order valence-electron chi connectivity index (χ0n) is 8.29. The van der Waals surface area contributed by atoms with Crippen molar-refractivity contribution in [2.24, 2.45) is 5.90 Å². The van der Waals surface area contributed by atoms with Crippen LogP contribution in [-0.2, 0) is 4.84 Å². The van der Waals surface area contributed by atoms with E-state index < -0.39 is 0 Å². The Morgan fingerprint density at radius 1 is 1.50 bits per heavy atom. The molecule has 0 heterocycles. The van der Waals surface area contributed by atoms with Gasteiger partial charge < -0.3 is 9.57 Å². The normalized spacial score (nSPS) is 12.6. The van der Waals surface area contributed by atoms with Crippen molar-refractivity contribution in [1.82, 2.24) is 0 Å². The fourth-order valence-corrected chi connectivity index (χ4v) is 1.27. The number of halogens is 1. The molecule has 1 aromatic rings. The Labute approximate surface area is 82.6 Å². The van der Waals surface area contributed by atoms with Gasteiger partial charge in [-0.3, -0.25) is 0 Å². The number of hydrogen-bond acceptors (Lipinski definition) is 3. The Morgan fingerprint density at radius 3 is 2.71 bits per heavy atom. The maximum Gasteiger partial charge on any atom is 0.130 e. The third-order valence-corrected chi connectivity index (χ3v) is 2.08. The van der Waals surface area contributed by atoms with Gasteiger partial charge in [0.15, 0.2) is 0 Å². The molecule has 0 amide bonds. The maximum atomic E-state index is 13.4. The lowest BCUT2D eigenvalue weighted by molar-refractivity contribution is 0.126. The van der Waals surface area contributed by atoms with Gasteiger partial charge in [0.05, 0.1) is 13.7 Å². The van der Waals surface area contributed by atoms with E-state index in [-0.39, 0.29) is 11.7 Å². The maximum absolute atomic E-state index is 13.4. The highest BCUT2D eigenvalue weighted by atomic mass is 19.1. The summed E-state index contributed by atoms with van der Waals surface area (Å²) in [4.78, 5) is 4.47. The molecule has 1 rings (SSSR count). The molecular weight excluding hydrogens is 185 g/mol.